The molecule has 0 radical (unpaired) electrons. The molecule has 16 heavy (non-hydrogen) atoms. The molecule has 1 aliphatic rings. The Labute approximate surface area is 101 Å². The molecule has 96 valence electrons. The summed E-state index contributed by atoms with van der Waals surface area (Å²) < 4.78 is 11.6. The van der Waals surface area contributed by atoms with Crippen molar-refractivity contribution in [3.05, 3.63) is 0 Å². The van der Waals surface area contributed by atoms with E-state index < -0.39 is 0 Å². The Hall–Kier alpha value is -0.0800. The molecule has 0 aromatic heterocycles. The van der Waals surface area contributed by atoms with Crippen molar-refractivity contribution in [3.8, 4) is 0 Å². The predicted molar refractivity (Wildman–Crippen MR) is 67.5 cm³/mol. The van der Waals surface area contributed by atoms with Gasteiger partial charge in [0.2, 0.25) is 0 Å². The van der Waals surface area contributed by atoms with Gasteiger partial charge in [-0.1, -0.05) is 46.0 Å². The third-order valence-corrected chi connectivity index (χ3v) is 3.25. The lowest BCUT2D eigenvalue weighted by molar-refractivity contribution is -0.135. The minimum atomic E-state index is 0.100. The molecule has 2 unspecified atom stereocenters. The van der Waals surface area contributed by atoms with Gasteiger partial charge < -0.3 is 9.47 Å². The van der Waals surface area contributed by atoms with Gasteiger partial charge in [-0.05, 0) is 19.3 Å². The van der Waals surface area contributed by atoms with Gasteiger partial charge >= 0.3 is 0 Å². The van der Waals surface area contributed by atoms with Gasteiger partial charge in [0.1, 0.15) is 0 Å². The Morgan fingerprint density at radius 3 is 2.50 bits per heavy atom. The first-order chi connectivity index (χ1) is 7.86. The van der Waals surface area contributed by atoms with Crippen molar-refractivity contribution >= 4 is 0 Å². The van der Waals surface area contributed by atoms with Crippen LogP contribution in [0.15, 0.2) is 0 Å². The third-order valence-electron chi connectivity index (χ3n) is 3.25. The molecular formula is C14H28O2. The van der Waals surface area contributed by atoms with Crippen molar-refractivity contribution in [3.63, 3.8) is 0 Å². The average Bonchev–Trinajstić information content (AvgIpc) is 2.73. The van der Waals surface area contributed by atoms with Crippen LogP contribution in [-0.2, 0) is 9.47 Å². The van der Waals surface area contributed by atoms with Gasteiger partial charge in [-0.3, -0.25) is 0 Å². The van der Waals surface area contributed by atoms with E-state index in [2.05, 4.69) is 13.8 Å². The molecule has 0 bridgehead atoms. The highest BCUT2D eigenvalue weighted by Gasteiger charge is 2.24. The molecule has 1 rings (SSSR count). The first kappa shape index (κ1) is 14.0. The molecule has 0 aromatic carbocycles. The lowest BCUT2D eigenvalue weighted by atomic mass is 10.1. The zero-order valence-corrected chi connectivity index (χ0v) is 11.0. The summed E-state index contributed by atoms with van der Waals surface area (Å²) >= 11 is 0. The molecule has 0 amide bonds. The number of ether oxygens (including phenoxy) is 2. The van der Waals surface area contributed by atoms with E-state index in [9.17, 15) is 0 Å². The Morgan fingerprint density at radius 2 is 1.75 bits per heavy atom. The second kappa shape index (κ2) is 9.00. The fourth-order valence-electron chi connectivity index (χ4n) is 2.20. The lowest BCUT2D eigenvalue weighted by Gasteiger charge is -2.14. The van der Waals surface area contributed by atoms with Crippen LogP contribution in [0.3, 0.4) is 0 Å². The average molecular weight is 228 g/mol. The summed E-state index contributed by atoms with van der Waals surface area (Å²) in [7, 11) is 0. The molecule has 0 N–H and O–H groups in total. The van der Waals surface area contributed by atoms with Crippen LogP contribution < -0.4 is 0 Å². The van der Waals surface area contributed by atoms with E-state index in [1.807, 2.05) is 0 Å². The first-order valence-corrected chi connectivity index (χ1v) is 7.13. The maximum atomic E-state index is 5.87. The molecule has 2 nitrogen and oxygen atoms in total. The van der Waals surface area contributed by atoms with E-state index in [1.165, 1.54) is 51.4 Å². The summed E-state index contributed by atoms with van der Waals surface area (Å²) in [6.45, 7) is 5.34. The van der Waals surface area contributed by atoms with Crippen LogP contribution in [-0.4, -0.2) is 19.0 Å². The van der Waals surface area contributed by atoms with Crippen LogP contribution in [0.4, 0.5) is 0 Å². The molecule has 2 heteroatoms. The van der Waals surface area contributed by atoms with Crippen molar-refractivity contribution in [2.45, 2.75) is 84.0 Å². The van der Waals surface area contributed by atoms with E-state index in [0.717, 1.165) is 13.0 Å². The number of rotatable bonds is 9. The van der Waals surface area contributed by atoms with Crippen LogP contribution in [0.5, 0.6) is 0 Å². The normalized spacial score (nSPS) is 25.1. The van der Waals surface area contributed by atoms with Crippen molar-refractivity contribution in [2.75, 3.05) is 6.61 Å². The van der Waals surface area contributed by atoms with Gasteiger partial charge in [-0.15, -0.1) is 0 Å². The smallest absolute Gasteiger partial charge is 0.158 e. The van der Waals surface area contributed by atoms with E-state index in [-0.39, 0.29) is 6.29 Å². The fraction of sp³-hybridized carbons (Fsp3) is 1.00. The molecule has 1 aliphatic heterocycles. The molecule has 1 fully saturated rings. The van der Waals surface area contributed by atoms with Crippen LogP contribution in [0.25, 0.3) is 0 Å². The summed E-state index contributed by atoms with van der Waals surface area (Å²) in [6.07, 6.45) is 11.7. The SMILES string of the molecule is CCCCCOC1CCC(CCCCC)O1. The molecule has 1 heterocycles. The topological polar surface area (TPSA) is 18.5 Å². The van der Waals surface area contributed by atoms with E-state index in [4.69, 9.17) is 9.47 Å². The fourth-order valence-corrected chi connectivity index (χ4v) is 2.20. The van der Waals surface area contributed by atoms with Gasteiger partial charge in [0.05, 0.1) is 6.10 Å². The molecular weight excluding hydrogens is 200 g/mol. The summed E-state index contributed by atoms with van der Waals surface area (Å²) in [5.74, 6) is 0. The van der Waals surface area contributed by atoms with Crippen molar-refractivity contribution in [2.24, 2.45) is 0 Å². The molecule has 1 saturated heterocycles. The van der Waals surface area contributed by atoms with Gasteiger partial charge in [0.25, 0.3) is 0 Å². The van der Waals surface area contributed by atoms with E-state index >= 15 is 0 Å². The highest BCUT2D eigenvalue weighted by molar-refractivity contribution is 4.68. The van der Waals surface area contributed by atoms with Crippen LogP contribution in [0.1, 0.15) is 71.6 Å². The quantitative estimate of drug-likeness (QED) is 0.548. The Balaban J connectivity index is 1.97. The van der Waals surface area contributed by atoms with Gasteiger partial charge in [0.15, 0.2) is 6.29 Å². The maximum Gasteiger partial charge on any atom is 0.158 e. The summed E-state index contributed by atoms with van der Waals surface area (Å²) in [4.78, 5) is 0. The lowest BCUT2D eigenvalue weighted by Crippen LogP contribution is -2.15. The molecule has 2 atom stereocenters. The van der Waals surface area contributed by atoms with Gasteiger partial charge in [-0.2, -0.15) is 0 Å². The molecule has 0 spiro atoms. The van der Waals surface area contributed by atoms with E-state index in [1.54, 1.807) is 0 Å². The van der Waals surface area contributed by atoms with Crippen molar-refractivity contribution < 1.29 is 9.47 Å². The molecule has 0 aliphatic carbocycles. The largest absolute Gasteiger partial charge is 0.353 e. The van der Waals surface area contributed by atoms with Crippen LogP contribution in [0, 0.1) is 0 Å². The standard InChI is InChI=1S/C14H28O2/c1-3-5-7-9-13-10-11-14(16-13)15-12-8-6-4-2/h13-14H,3-12H2,1-2H3. The monoisotopic (exact) mass is 228 g/mol. The van der Waals surface area contributed by atoms with Crippen LogP contribution in [0.2, 0.25) is 0 Å². The number of hydrogen-bond donors (Lipinski definition) is 0. The van der Waals surface area contributed by atoms with Crippen LogP contribution >= 0.6 is 0 Å². The van der Waals surface area contributed by atoms with Gasteiger partial charge in [-0.25, -0.2) is 0 Å². The van der Waals surface area contributed by atoms with Gasteiger partial charge in [0, 0.05) is 13.0 Å². The minimum Gasteiger partial charge on any atom is -0.353 e. The minimum absolute atomic E-state index is 0.100. The Bertz CT molecular complexity index is 159. The highest BCUT2D eigenvalue weighted by Crippen LogP contribution is 2.24. The zero-order valence-electron chi connectivity index (χ0n) is 11.0. The summed E-state index contributed by atoms with van der Waals surface area (Å²) in [6, 6.07) is 0. The highest BCUT2D eigenvalue weighted by atomic mass is 16.7. The zero-order chi connectivity index (χ0) is 11.6. The Morgan fingerprint density at radius 1 is 1.00 bits per heavy atom. The summed E-state index contributed by atoms with van der Waals surface area (Å²) in [5.41, 5.74) is 0. The second-order valence-electron chi connectivity index (χ2n) is 4.84. The Kier molecular flexibility index (Phi) is 7.87. The predicted octanol–water partition coefficient (Wildman–Crippen LogP) is 4.28. The summed E-state index contributed by atoms with van der Waals surface area (Å²) in [5, 5.41) is 0. The molecule has 0 aromatic rings. The molecule has 0 saturated carbocycles. The van der Waals surface area contributed by atoms with E-state index in [0.29, 0.717) is 6.10 Å². The van der Waals surface area contributed by atoms with Crippen molar-refractivity contribution in [1.29, 1.82) is 0 Å². The number of unbranched alkanes of at least 4 members (excludes halogenated alkanes) is 4. The number of hydrogen-bond acceptors (Lipinski definition) is 2. The van der Waals surface area contributed by atoms with Crippen molar-refractivity contribution in [1.82, 2.24) is 0 Å². The second-order valence-corrected chi connectivity index (χ2v) is 4.84. The maximum absolute atomic E-state index is 5.87. The third kappa shape index (κ3) is 5.86. The first-order valence-electron chi connectivity index (χ1n) is 7.13.